The van der Waals surface area contributed by atoms with Crippen LogP contribution < -0.4 is 20.1 Å². The molecule has 2 aromatic rings. The number of rotatable bonds is 9. The van der Waals surface area contributed by atoms with Crippen LogP contribution >= 0.6 is 0 Å². The lowest BCUT2D eigenvalue weighted by Crippen LogP contribution is -2.37. The predicted octanol–water partition coefficient (Wildman–Crippen LogP) is 1.47. The fourth-order valence-corrected chi connectivity index (χ4v) is 3.06. The number of carbonyl (C=O) groups is 3. The number of nitrogens with zero attached hydrogens (tertiary/aromatic N) is 1. The molecule has 1 fully saturated rings. The number of carbonyl (C=O) groups excluding carboxylic acids is 3. The van der Waals surface area contributed by atoms with Gasteiger partial charge in [0, 0.05) is 13.0 Å². The van der Waals surface area contributed by atoms with Gasteiger partial charge in [-0.1, -0.05) is 6.07 Å². The quantitative estimate of drug-likeness (QED) is 0.616. The second kappa shape index (κ2) is 9.13. The Morgan fingerprint density at radius 2 is 2.00 bits per heavy atom. The molecular formula is C20H23N3O6. The Labute approximate surface area is 167 Å². The maximum atomic E-state index is 12.6. The number of furan rings is 1. The molecule has 1 aliphatic rings. The number of hydrogen-bond acceptors (Lipinski definition) is 6. The van der Waals surface area contributed by atoms with Gasteiger partial charge in [-0.05, 0) is 29.8 Å². The third-order valence-corrected chi connectivity index (χ3v) is 4.56. The average molecular weight is 401 g/mol. The topological polar surface area (TPSA) is 110 Å². The largest absolute Gasteiger partial charge is 0.493 e. The summed E-state index contributed by atoms with van der Waals surface area (Å²) in [6, 6.07) is 7.33. The van der Waals surface area contributed by atoms with Gasteiger partial charge in [-0.15, -0.1) is 0 Å². The van der Waals surface area contributed by atoms with Crippen molar-refractivity contribution < 1.29 is 28.3 Å². The van der Waals surface area contributed by atoms with Crippen molar-refractivity contribution in [3.8, 4) is 11.5 Å². The molecule has 0 saturated carbocycles. The van der Waals surface area contributed by atoms with Gasteiger partial charge in [0.2, 0.25) is 5.91 Å². The molecule has 1 atom stereocenters. The third-order valence-electron chi connectivity index (χ3n) is 4.56. The van der Waals surface area contributed by atoms with Gasteiger partial charge in [0.15, 0.2) is 11.5 Å². The van der Waals surface area contributed by atoms with E-state index in [4.69, 9.17) is 13.9 Å². The van der Waals surface area contributed by atoms with Crippen molar-refractivity contribution in [1.82, 2.24) is 15.5 Å². The maximum absolute atomic E-state index is 12.6. The number of methoxy groups -OCH3 is 2. The van der Waals surface area contributed by atoms with Crippen molar-refractivity contribution in [2.45, 2.75) is 25.4 Å². The maximum Gasteiger partial charge on any atom is 0.325 e. The number of urea groups is 1. The third kappa shape index (κ3) is 4.87. The Kier molecular flexibility index (Phi) is 6.38. The number of amides is 4. The summed E-state index contributed by atoms with van der Waals surface area (Å²) in [5, 5.41) is 5.29. The SMILES string of the molecule is COc1ccc(CN2C(=O)N[C@@H](CC(=O)NCCc3ccco3)C2=O)cc1OC. The molecule has 29 heavy (non-hydrogen) atoms. The minimum absolute atomic E-state index is 0.0711. The molecule has 1 aliphatic heterocycles. The van der Waals surface area contributed by atoms with Crippen LogP contribution in [0.5, 0.6) is 11.5 Å². The predicted molar refractivity (Wildman–Crippen MR) is 102 cm³/mol. The Balaban J connectivity index is 1.54. The van der Waals surface area contributed by atoms with Gasteiger partial charge in [0.25, 0.3) is 5.91 Å². The van der Waals surface area contributed by atoms with Crippen LogP contribution in [0.2, 0.25) is 0 Å². The molecule has 0 aliphatic carbocycles. The summed E-state index contributed by atoms with van der Waals surface area (Å²) >= 11 is 0. The number of nitrogens with one attached hydrogen (secondary N) is 2. The van der Waals surface area contributed by atoms with Crippen molar-refractivity contribution in [3.63, 3.8) is 0 Å². The summed E-state index contributed by atoms with van der Waals surface area (Å²) in [5.74, 6) is 1.06. The summed E-state index contributed by atoms with van der Waals surface area (Å²) in [5.41, 5.74) is 0.703. The highest BCUT2D eigenvalue weighted by atomic mass is 16.5. The molecule has 2 N–H and O–H groups in total. The molecule has 1 saturated heterocycles. The first-order valence-electron chi connectivity index (χ1n) is 9.13. The van der Waals surface area contributed by atoms with E-state index >= 15 is 0 Å². The lowest BCUT2D eigenvalue weighted by atomic mass is 10.1. The van der Waals surface area contributed by atoms with Crippen LogP contribution in [0.15, 0.2) is 41.0 Å². The molecule has 1 aromatic heterocycles. The number of imide groups is 1. The lowest BCUT2D eigenvalue weighted by molar-refractivity contribution is -0.131. The molecule has 0 radical (unpaired) electrons. The van der Waals surface area contributed by atoms with Gasteiger partial charge < -0.3 is 24.5 Å². The summed E-state index contributed by atoms with van der Waals surface area (Å²) < 4.78 is 15.6. The van der Waals surface area contributed by atoms with Gasteiger partial charge in [0.1, 0.15) is 11.8 Å². The zero-order valence-corrected chi connectivity index (χ0v) is 16.3. The normalized spacial score (nSPS) is 15.9. The van der Waals surface area contributed by atoms with Crippen LogP contribution in [0.3, 0.4) is 0 Å². The minimum Gasteiger partial charge on any atom is -0.493 e. The van der Waals surface area contributed by atoms with Crippen LogP contribution in [0, 0.1) is 0 Å². The highest BCUT2D eigenvalue weighted by Crippen LogP contribution is 2.28. The smallest absolute Gasteiger partial charge is 0.325 e. The van der Waals surface area contributed by atoms with E-state index in [9.17, 15) is 14.4 Å². The number of benzene rings is 1. The van der Waals surface area contributed by atoms with Crippen LogP contribution in [-0.2, 0) is 22.6 Å². The Hall–Kier alpha value is -3.49. The Bertz CT molecular complexity index is 880. The lowest BCUT2D eigenvalue weighted by Gasteiger charge is -2.15. The first kappa shape index (κ1) is 20.2. The van der Waals surface area contributed by atoms with E-state index in [-0.39, 0.29) is 18.9 Å². The van der Waals surface area contributed by atoms with Gasteiger partial charge in [-0.3, -0.25) is 14.5 Å². The Morgan fingerprint density at radius 1 is 1.21 bits per heavy atom. The molecule has 1 aromatic carbocycles. The molecule has 154 valence electrons. The van der Waals surface area contributed by atoms with Gasteiger partial charge >= 0.3 is 6.03 Å². The minimum atomic E-state index is -0.883. The molecule has 0 unspecified atom stereocenters. The van der Waals surface area contributed by atoms with Crippen LogP contribution in [0.1, 0.15) is 17.7 Å². The van der Waals surface area contributed by atoms with E-state index in [0.29, 0.717) is 30.0 Å². The summed E-state index contributed by atoms with van der Waals surface area (Å²) in [6.07, 6.45) is 2.00. The van der Waals surface area contributed by atoms with Crippen molar-refractivity contribution in [1.29, 1.82) is 0 Å². The first-order valence-corrected chi connectivity index (χ1v) is 9.13. The molecular weight excluding hydrogens is 378 g/mol. The van der Waals surface area contributed by atoms with E-state index in [2.05, 4.69) is 10.6 Å². The van der Waals surface area contributed by atoms with Crippen LogP contribution in [0.4, 0.5) is 4.79 Å². The van der Waals surface area contributed by atoms with E-state index in [0.717, 1.165) is 10.7 Å². The number of ether oxygens (including phenoxy) is 2. The molecule has 9 heteroatoms. The van der Waals surface area contributed by atoms with Crippen molar-refractivity contribution >= 4 is 17.8 Å². The van der Waals surface area contributed by atoms with Gasteiger partial charge in [-0.25, -0.2) is 4.79 Å². The van der Waals surface area contributed by atoms with E-state index in [1.807, 2.05) is 6.07 Å². The average Bonchev–Trinajstić information content (AvgIpc) is 3.32. The van der Waals surface area contributed by atoms with Crippen molar-refractivity contribution in [2.75, 3.05) is 20.8 Å². The molecule has 0 spiro atoms. The zero-order valence-electron chi connectivity index (χ0n) is 16.3. The van der Waals surface area contributed by atoms with Crippen molar-refractivity contribution in [2.24, 2.45) is 0 Å². The second-order valence-electron chi connectivity index (χ2n) is 6.50. The molecule has 9 nitrogen and oxygen atoms in total. The summed E-state index contributed by atoms with van der Waals surface area (Å²) in [6.45, 7) is 0.457. The van der Waals surface area contributed by atoms with E-state index < -0.39 is 18.0 Å². The monoisotopic (exact) mass is 401 g/mol. The Morgan fingerprint density at radius 3 is 2.69 bits per heavy atom. The molecule has 3 rings (SSSR count). The van der Waals surface area contributed by atoms with E-state index in [1.54, 1.807) is 30.5 Å². The van der Waals surface area contributed by atoms with Crippen molar-refractivity contribution in [3.05, 3.63) is 47.9 Å². The molecule has 0 bridgehead atoms. The molecule has 4 amide bonds. The first-order chi connectivity index (χ1) is 14.0. The standard InChI is InChI=1S/C20H23N3O6/c1-27-16-6-5-13(10-17(16)28-2)12-23-19(25)15(22-20(23)26)11-18(24)21-8-7-14-4-3-9-29-14/h3-6,9-10,15H,7-8,11-12H2,1-2H3,(H,21,24)(H,22,26)/t15-/m0/s1. The van der Waals surface area contributed by atoms with E-state index in [1.165, 1.54) is 14.2 Å². The highest BCUT2D eigenvalue weighted by molar-refractivity contribution is 6.05. The zero-order chi connectivity index (χ0) is 20.8. The van der Waals surface area contributed by atoms with Crippen LogP contribution in [-0.4, -0.2) is 49.6 Å². The number of hydrogen-bond donors (Lipinski definition) is 2. The van der Waals surface area contributed by atoms with Gasteiger partial charge in [-0.2, -0.15) is 0 Å². The molecule has 2 heterocycles. The summed E-state index contributed by atoms with van der Waals surface area (Å²) in [4.78, 5) is 38.0. The van der Waals surface area contributed by atoms with Crippen LogP contribution in [0.25, 0.3) is 0 Å². The highest BCUT2D eigenvalue weighted by Gasteiger charge is 2.39. The second-order valence-corrected chi connectivity index (χ2v) is 6.50. The summed E-state index contributed by atoms with van der Waals surface area (Å²) in [7, 11) is 3.04. The fraction of sp³-hybridized carbons (Fsp3) is 0.350. The fourth-order valence-electron chi connectivity index (χ4n) is 3.06. The van der Waals surface area contributed by atoms with Gasteiger partial charge in [0.05, 0.1) is 33.4 Å².